The van der Waals surface area contributed by atoms with Crippen molar-refractivity contribution in [3.05, 3.63) is 99.2 Å². The van der Waals surface area contributed by atoms with Crippen LogP contribution in [0.5, 0.6) is 0 Å². The number of Topliss-reactive ketones (excluding diaryl/α,β-unsaturated/α-hetero) is 1. The van der Waals surface area contributed by atoms with Gasteiger partial charge in [0.15, 0.2) is 5.78 Å². The average molecular weight is 433 g/mol. The van der Waals surface area contributed by atoms with Crippen molar-refractivity contribution in [3.8, 4) is 0 Å². The maximum Gasteiger partial charge on any atom is 0.165 e. The molecule has 0 aliphatic heterocycles. The molecule has 0 spiro atoms. The first-order chi connectivity index (χ1) is 12.5. The first-order valence-corrected chi connectivity index (χ1v) is 9.25. The molecule has 3 rings (SSSR count). The molecule has 3 aromatic rings. The molecule has 1 unspecified atom stereocenters. The second-order valence-corrected chi connectivity index (χ2v) is 7.24. The van der Waals surface area contributed by atoms with Crippen LogP contribution in [0.15, 0.2) is 77.3 Å². The first-order valence-electron chi connectivity index (χ1n) is 8.07. The van der Waals surface area contributed by atoms with Crippen LogP contribution in [0.1, 0.15) is 28.4 Å². The molecule has 0 heterocycles. The van der Waals surface area contributed by atoms with E-state index < -0.39 is 0 Å². The highest BCUT2D eigenvalue weighted by molar-refractivity contribution is 9.10. The standard InChI is InChI=1S/C21H16BrClFNO/c22-16-5-11-19(12-6-16)25-20(14-1-7-17(23)8-2-14)13-21(26)15-3-9-18(24)10-4-15/h1-12,20,25H,13H2. The molecule has 0 saturated carbocycles. The summed E-state index contributed by atoms with van der Waals surface area (Å²) in [6, 6.07) is 20.5. The molecule has 0 radical (unpaired) electrons. The smallest absolute Gasteiger partial charge is 0.165 e. The highest BCUT2D eigenvalue weighted by Crippen LogP contribution is 2.26. The molecule has 5 heteroatoms. The van der Waals surface area contributed by atoms with Crippen molar-refractivity contribution in [1.29, 1.82) is 0 Å². The van der Waals surface area contributed by atoms with E-state index in [0.717, 1.165) is 15.7 Å². The fourth-order valence-electron chi connectivity index (χ4n) is 2.63. The van der Waals surface area contributed by atoms with Crippen LogP contribution in [-0.2, 0) is 0 Å². The minimum absolute atomic E-state index is 0.0606. The largest absolute Gasteiger partial charge is 0.378 e. The monoisotopic (exact) mass is 431 g/mol. The molecule has 0 saturated heterocycles. The Kier molecular flexibility index (Phi) is 6.07. The molecule has 0 fully saturated rings. The number of carbonyl (C=O) groups is 1. The summed E-state index contributed by atoms with van der Waals surface area (Å²) >= 11 is 9.40. The van der Waals surface area contributed by atoms with E-state index in [1.807, 2.05) is 36.4 Å². The SMILES string of the molecule is O=C(CC(Nc1ccc(Br)cc1)c1ccc(Cl)cc1)c1ccc(F)cc1. The van der Waals surface area contributed by atoms with Crippen molar-refractivity contribution in [2.24, 2.45) is 0 Å². The van der Waals surface area contributed by atoms with E-state index in [1.54, 1.807) is 12.1 Å². The van der Waals surface area contributed by atoms with Crippen LogP contribution in [0.25, 0.3) is 0 Å². The molecule has 0 aromatic heterocycles. The van der Waals surface area contributed by atoms with Gasteiger partial charge in [-0.25, -0.2) is 4.39 Å². The van der Waals surface area contributed by atoms with Gasteiger partial charge in [0.05, 0.1) is 6.04 Å². The number of benzene rings is 3. The van der Waals surface area contributed by atoms with Crippen molar-refractivity contribution in [2.45, 2.75) is 12.5 Å². The van der Waals surface area contributed by atoms with Crippen LogP contribution < -0.4 is 5.32 Å². The van der Waals surface area contributed by atoms with E-state index in [1.165, 1.54) is 24.3 Å². The number of nitrogens with one attached hydrogen (secondary N) is 1. The zero-order valence-electron chi connectivity index (χ0n) is 13.8. The normalized spacial score (nSPS) is 11.8. The van der Waals surface area contributed by atoms with Crippen LogP contribution in [0.2, 0.25) is 5.02 Å². The number of hydrogen-bond acceptors (Lipinski definition) is 2. The average Bonchev–Trinajstić information content (AvgIpc) is 2.64. The zero-order valence-corrected chi connectivity index (χ0v) is 16.1. The molecular weight excluding hydrogens is 417 g/mol. The number of halogens is 3. The Labute approximate surface area is 165 Å². The molecule has 0 aliphatic rings. The summed E-state index contributed by atoms with van der Waals surface area (Å²) in [7, 11) is 0. The lowest BCUT2D eigenvalue weighted by Crippen LogP contribution is -2.16. The summed E-state index contributed by atoms with van der Waals surface area (Å²) in [5.41, 5.74) is 2.34. The van der Waals surface area contributed by atoms with Gasteiger partial charge in [0.1, 0.15) is 5.82 Å². The van der Waals surface area contributed by atoms with Gasteiger partial charge in [-0.05, 0) is 66.2 Å². The molecule has 132 valence electrons. The fraction of sp³-hybridized carbons (Fsp3) is 0.0952. The highest BCUT2D eigenvalue weighted by atomic mass is 79.9. The third kappa shape index (κ3) is 4.93. The lowest BCUT2D eigenvalue weighted by molar-refractivity contribution is 0.0976. The Morgan fingerprint density at radius 1 is 0.962 bits per heavy atom. The van der Waals surface area contributed by atoms with Crippen LogP contribution in [0.3, 0.4) is 0 Å². The molecule has 0 aliphatic carbocycles. The van der Waals surface area contributed by atoms with Crippen molar-refractivity contribution in [1.82, 2.24) is 0 Å². The van der Waals surface area contributed by atoms with Gasteiger partial charge in [-0.3, -0.25) is 4.79 Å². The third-order valence-corrected chi connectivity index (χ3v) is 4.79. The summed E-state index contributed by atoms with van der Waals surface area (Å²) in [4.78, 5) is 12.7. The quantitative estimate of drug-likeness (QED) is 0.441. The van der Waals surface area contributed by atoms with Gasteiger partial charge in [0.25, 0.3) is 0 Å². The summed E-state index contributed by atoms with van der Waals surface area (Å²) in [5.74, 6) is -0.418. The molecule has 1 N–H and O–H groups in total. The molecule has 3 aromatic carbocycles. The minimum Gasteiger partial charge on any atom is -0.378 e. The Morgan fingerprint density at radius 3 is 2.19 bits per heavy atom. The molecular formula is C21H16BrClFNO. The molecule has 1 atom stereocenters. The van der Waals surface area contributed by atoms with Gasteiger partial charge in [0, 0.05) is 27.2 Å². The van der Waals surface area contributed by atoms with Crippen LogP contribution in [0, 0.1) is 5.82 Å². The number of ketones is 1. The zero-order chi connectivity index (χ0) is 18.5. The molecule has 0 amide bonds. The summed E-state index contributed by atoms with van der Waals surface area (Å²) in [6.07, 6.45) is 0.239. The minimum atomic E-state index is -0.358. The van der Waals surface area contributed by atoms with Gasteiger partial charge in [-0.2, -0.15) is 0 Å². The Morgan fingerprint density at radius 2 is 1.58 bits per heavy atom. The van der Waals surface area contributed by atoms with Crippen LogP contribution in [-0.4, -0.2) is 5.78 Å². The highest BCUT2D eigenvalue weighted by Gasteiger charge is 2.17. The van der Waals surface area contributed by atoms with Crippen molar-refractivity contribution >= 4 is 39.0 Å². The van der Waals surface area contributed by atoms with Gasteiger partial charge in [-0.1, -0.05) is 39.7 Å². The second kappa shape index (κ2) is 8.47. The van der Waals surface area contributed by atoms with E-state index in [2.05, 4.69) is 21.2 Å². The summed E-state index contributed by atoms with van der Waals surface area (Å²) < 4.78 is 14.1. The lowest BCUT2D eigenvalue weighted by atomic mass is 9.97. The van der Waals surface area contributed by atoms with Crippen molar-refractivity contribution in [3.63, 3.8) is 0 Å². The Hall–Kier alpha value is -2.17. The number of carbonyl (C=O) groups excluding carboxylic acids is 1. The molecule has 0 bridgehead atoms. The van der Waals surface area contributed by atoms with E-state index in [9.17, 15) is 9.18 Å². The predicted molar refractivity (Wildman–Crippen MR) is 107 cm³/mol. The Bertz CT molecular complexity index is 879. The molecule has 26 heavy (non-hydrogen) atoms. The van der Waals surface area contributed by atoms with Gasteiger partial charge in [0.2, 0.25) is 0 Å². The van der Waals surface area contributed by atoms with Gasteiger partial charge in [-0.15, -0.1) is 0 Å². The topological polar surface area (TPSA) is 29.1 Å². The van der Waals surface area contributed by atoms with Crippen LogP contribution >= 0.6 is 27.5 Å². The first kappa shape index (κ1) is 18.6. The molecule has 2 nitrogen and oxygen atoms in total. The number of rotatable bonds is 6. The number of anilines is 1. The summed E-state index contributed by atoms with van der Waals surface area (Å²) in [6.45, 7) is 0. The third-order valence-electron chi connectivity index (χ3n) is 4.01. The van der Waals surface area contributed by atoms with E-state index in [4.69, 9.17) is 11.6 Å². The number of hydrogen-bond donors (Lipinski definition) is 1. The van der Waals surface area contributed by atoms with Crippen LogP contribution in [0.4, 0.5) is 10.1 Å². The maximum absolute atomic E-state index is 13.1. The van der Waals surface area contributed by atoms with E-state index in [0.29, 0.717) is 10.6 Å². The Balaban J connectivity index is 1.84. The van der Waals surface area contributed by atoms with Crippen molar-refractivity contribution < 1.29 is 9.18 Å². The lowest BCUT2D eigenvalue weighted by Gasteiger charge is -2.20. The second-order valence-electron chi connectivity index (χ2n) is 5.89. The van der Waals surface area contributed by atoms with E-state index >= 15 is 0 Å². The van der Waals surface area contributed by atoms with E-state index in [-0.39, 0.29) is 24.1 Å². The maximum atomic E-state index is 13.1. The van der Waals surface area contributed by atoms with Gasteiger partial charge < -0.3 is 5.32 Å². The summed E-state index contributed by atoms with van der Waals surface area (Å²) in [5, 5.41) is 4.04. The fourth-order valence-corrected chi connectivity index (χ4v) is 3.02. The predicted octanol–water partition coefficient (Wildman–Crippen LogP) is 6.67. The van der Waals surface area contributed by atoms with Crippen molar-refractivity contribution in [2.75, 3.05) is 5.32 Å². The van der Waals surface area contributed by atoms with Gasteiger partial charge >= 0.3 is 0 Å².